The Hall–Kier alpha value is -1.55. The van der Waals surface area contributed by atoms with Crippen molar-refractivity contribution in [1.29, 1.82) is 0 Å². The summed E-state index contributed by atoms with van der Waals surface area (Å²) in [5.41, 5.74) is 1.74. The topological polar surface area (TPSA) is 50.4 Å². The van der Waals surface area contributed by atoms with Crippen molar-refractivity contribution >= 4 is 11.6 Å². The average Bonchev–Trinajstić information content (AvgIpc) is 2.36. The lowest BCUT2D eigenvalue weighted by Gasteiger charge is -2.36. The quantitative estimate of drug-likeness (QED) is 0.838. The van der Waals surface area contributed by atoms with Crippen LogP contribution in [0.15, 0.2) is 24.3 Å². The van der Waals surface area contributed by atoms with Gasteiger partial charge >= 0.3 is 0 Å². The first kappa shape index (κ1) is 12.9. The predicted octanol–water partition coefficient (Wildman–Crippen LogP) is 2.03. The Morgan fingerprint density at radius 1 is 1.33 bits per heavy atom. The van der Waals surface area contributed by atoms with Gasteiger partial charge in [-0.1, -0.05) is 0 Å². The molecule has 18 heavy (non-hydrogen) atoms. The Bertz CT molecular complexity index is 397. The van der Waals surface area contributed by atoms with Gasteiger partial charge in [0.1, 0.15) is 0 Å². The smallest absolute Gasteiger partial charge is 0.251 e. The van der Waals surface area contributed by atoms with Gasteiger partial charge in [-0.15, -0.1) is 0 Å². The van der Waals surface area contributed by atoms with Gasteiger partial charge in [0, 0.05) is 30.9 Å². The van der Waals surface area contributed by atoms with E-state index >= 15 is 0 Å². The van der Waals surface area contributed by atoms with E-state index in [1.54, 1.807) is 7.05 Å². The molecule has 4 heteroatoms. The molecule has 1 aliphatic carbocycles. The van der Waals surface area contributed by atoms with E-state index in [0.29, 0.717) is 17.7 Å². The fraction of sp³-hybridized carbons (Fsp3) is 0.500. The highest BCUT2D eigenvalue weighted by Crippen LogP contribution is 2.26. The fourth-order valence-electron chi connectivity index (χ4n) is 2.15. The minimum Gasteiger partial charge on any atom is -0.382 e. The van der Waals surface area contributed by atoms with Gasteiger partial charge in [0.15, 0.2) is 0 Å². The van der Waals surface area contributed by atoms with Gasteiger partial charge in [-0.05, 0) is 44.0 Å². The van der Waals surface area contributed by atoms with Crippen LogP contribution in [-0.4, -0.2) is 31.7 Å². The van der Waals surface area contributed by atoms with Gasteiger partial charge in [-0.25, -0.2) is 0 Å². The molecule has 98 valence electrons. The summed E-state index contributed by atoms with van der Waals surface area (Å²) in [6, 6.07) is 8.05. The SMILES string of the molecule is CCOC1CC(Nc2ccc(C(=O)NC)cc2)C1. The van der Waals surface area contributed by atoms with Gasteiger partial charge in [-0.2, -0.15) is 0 Å². The van der Waals surface area contributed by atoms with Crippen LogP contribution in [0.5, 0.6) is 0 Å². The zero-order chi connectivity index (χ0) is 13.0. The van der Waals surface area contributed by atoms with Gasteiger partial charge < -0.3 is 15.4 Å². The van der Waals surface area contributed by atoms with Crippen LogP contribution in [-0.2, 0) is 4.74 Å². The monoisotopic (exact) mass is 248 g/mol. The Kier molecular flexibility index (Phi) is 4.20. The molecule has 2 N–H and O–H groups in total. The average molecular weight is 248 g/mol. The molecule has 0 bridgehead atoms. The summed E-state index contributed by atoms with van der Waals surface area (Å²) in [5.74, 6) is -0.0541. The molecule has 4 nitrogen and oxygen atoms in total. The number of carbonyl (C=O) groups is 1. The third-order valence-electron chi connectivity index (χ3n) is 3.24. The first-order valence-electron chi connectivity index (χ1n) is 6.43. The molecule has 1 amide bonds. The number of nitrogens with one attached hydrogen (secondary N) is 2. The van der Waals surface area contributed by atoms with Crippen molar-refractivity contribution in [2.24, 2.45) is 0 Å². The first-order chi connectivity index (χ1) is 8.72. The molecule has 0 aromatic heterocycles. The Balaban J connectivity index is 1.83. The molecule has 0 heterocycles. The highest BCUT2D eigenvalue weighted by atomic mass is 16.5. The van der Waals surface area contributed by atoms with E-state index in [2.05, 4.69) is 10.6 Å². The van der Waals surface area contributed by atoms with E-state index in [1.165, 1.54) is 0 Å². The molecule has 0 spiro atoms. The second-order valence-electron chi connectivity index (χ2n) is 4.55. The van der Waals surface area contributed by atoms with E-state index < -0.39 is 0 Å². The highest BCUT2D eigenvalue weighted by molar-refractivity contribution is 5.94. The van der Waals surface area contributed by atoms with Gasteiger partial charge in [-0.3, -0.25) is 4.79 Å². The lowest BCUT2D eigenvalue weighted by Crippen LogP contribution is -2.40. The van der Waals surface area contributed by atoms with E-state index in [0.717, 1.165) is 25.1 Å². The van der Waals surface area contributed by atoms with Crippen molar-refractivity contribution < 1.29 is 9.53 Å². The fourth-order valence-corrected chi connectivity index (χ4v) is 2.15. The summed E-state index contributed by atoms with van der Waals surface area (Å²) >= 11 is 0. The molecule has 1 aromatic carbocycles. The summed E-state index contributed by atoms with van der Waals surface area (Å²) in [4.78, 5) is 11.4. The molecule has 0 unspecified atom stereocenters. The Morgan fingerprint density at radius 3 is 2.56 bits per heavy atom. The van der Waals surface area contributed by atoms with Crippen LogP contribution >= 0.6 is 0 Å². The van der Waals surface area contributed by atoms with Crippen LogP contribution in [0.1, 0.15) is 30.1 Å². The summed E-state index contributed by atoms with van der Waals surface area (Å²) in [5, 5.41) is 6.05. The standard InChI is InChI=1S/C14H20N2O2/c1-3-18-13-8-12(9-13)16-11-6-4-10(5-7-11)14(17)15-2/h4-7,12-13,16H,3,8-9H2,1-2H3,(H,15,17). The lowest BCUT2D eigenvalue weighted by atomic mass is 9.89. The summed E-state index contributed by atoms with van der Waals surface area (Å²) in [6.45, 7) is 2.82. The number of carbonyl (C=O) groups excluding carboxylic acids is 1. The van der Waals surface area contributed by atoms with Crippen molar-refractivity contribution in [2.75, 3.05) is 19.0 Å². The van der Waals surface area contributed by atoms with Crippen LogP contribution in [0, 0.1) is 0 Å². The summed E-state index contributed by atoms with van der Waals surface area (Å²) < 4.78 is 5.52. The van der Waals surface area contributed by atoms with E-state index in [-0.39, 0.29) is 5.91 Å². The molecule has 1 fully saturated rings. The number of ether oxygens (including phenoxy) is 1. The largest absolute Gasteiger partial charge is 0.382 e. The molecule has 2 rings (SSSR count). The number of hydrogen-bond donors (Lipinski definition) is 2. The minimum atomic E-state index is -0.0541. The Labute approximate surface area is 108 Å². The molecular formula is C14H20N2O2. The third kappa shape index (κ3) is 3.01. The molecule has 0 aliphatic heterocycles. The minimum absolute atomic E-state index is 0.0541. The van der Waals surface area contributed by atoms with Crippen molar-refractivity contribution in [2.45, 2.75) is 31.9 Å². The van der Waals surface area contributed by atoms with E-state index in [1.807, 2.05) is 31.2 Å². The summed E-state index contributed by atoms with van der Waals surface area (Å²) in [7, 11) is 1.64. The first-order valence-corrected chi connectivity index (χ1v) is 6.43. The van der Waals surface area contributed by atoms with Crippen LogP contribution < -0.4 is 10.6 Å². The van der Waals surface area contributed by atoms with Crippen LogP contribution in [0.4, 0.5) is 5.69 Å². The maximum Gasteiger partial charge on any atom is 0.251 e. The molecule has 1 saturated carbocycles. The number of anilines is 1. The second-order valence-corrected chi connectivity index (χ2v) is 4.55. The van der Waals surface area contributed by atoms with E-state index in [9.17, 15) is 4.79 Å². The number of benzene rings is 1. The molecule has 1 aromatic rings. The predicted molar refractivity (Wildman–Crippen MR) is 71.9 cm³/mol. The molecule has 0 radical (unpaired) electrons. The number of rotatable bonds is 5. The van der Waals surface area contributed by atoms with Crippen molar-refractivity contribution in [3.8, 4) is 0 Å². The van der Waals surface area contributed by atoms with Crippen molar-refractivity contribution in [1.82, 2.24) is 5.32 Å². The van der Waals surface area contributed by atoms with Crippen molar-refractivity contribution in [3.05, 3.63) is 29.8 Å². The maximum atomic E-state index is 11.4. The normalized spacial score (nSPS) is 22.1. The number of hydrogen-bond acceptors (Lipinski definition) is 3. The summed E-state index contributed by atoms with van der Waals surface area (Å²) in [6.07, 6.45) is 2.54. The zero-order valence-electron chi connectivity index (χ0n) is 10.9. The van der Waals surface area contributed by atoms with E-state index in [4.69, 9.17) is 4.74 Å². The van der Waals surface area contributed by atoms with Crippen LogP contribution in [0.2, 0.25) is 0 Å². The van der Waals surface area contributed by atoms with Gasteiger partial charge in [0.2, 0.25) is 0 Å². The molecule has 0 atom stereocenters. The molecular weight excluding hydrogens is 228 g/mol. The zero-order valence-corrected chi connectivity index (χ0v) is 10.9. The highest BCUT2D eigenvalue weighted by Gasteiger charge is 2.29. The second kappa shape index (κ2) is 5.87. The van der Waals surface area contributed by atoms with Crippen LogP contribution in [0.25, 0.3) is 0 Å². The maximum absolute atomic E-state index is 11.4. The van der Waals surface area contributed by atoms with Gasteiger partial charge in [0.25, 0.3) is 5.91 Å². The van der Waals surface area contributed by atoms with Gasteiger partial charge in [0.05, 0.1) is 6.10 Å². The lowest BCUT2D eigenvalue weighted by molar-refractivity contribution is 0.00299. The third-order valence-corrected chi connectivity index (χ3v) is 3.24. The molecule has 1 aliphatic rings. The molecule has 0 saturated heterocycles. The number of amides is 1. The van der Waals surface area contributed by atoms with Crippen molar-refractivity contribution in [3.63, 3.8) is 0 Å². The van der Waals surface area contributed by atoms with Crippen LogP contribution in [0.3, 0.4) is 0 Å². The Morgan fingerprint density at radius 2 is 2.00 bits per heavy atom.